The second-order valence-electron chi connectivity index (χ2n) is 6.61. The maximum atomic E-state index is 12.1. The van der Waals surface area contributed by atoms with Crippen LogP contribution in [-0.4, -0.2) is 17.1 Å². The van der Waals surface area contributed by atoms with Crippen molar-refractivity contribution < 1.29 is 9.53 Å². The molecular formula is C13H23NO2. The van der Waals surface area contributed by atoms with E-state index in [1.54, 1.807) is 0 Å². The van der Waals surface area contributed by atoms with Crippen molar-refractivity contribution in [2.24, 2.45) is 17.6 Å². The average molecular weight is 225 g/mol. The monoisotopic (exact) mass is 225 g/mol. The highest BCUT2D eigenvalue weighted by atomic mass is 16.6. The highest BCUT2D eigenvalue weighted by Crippen LogP contribution is 2.46. The van der Waals surface area contributed by atoms with Crippen molar-refractivity contribution in [1.29, 1.82) is 0 Å². The predicted molar refractivity (Wildman–Crippen MR) is 62.8 cm³/mol. The summed E-state index contributed by atoms with van der Waals surface area (Å²) in [7, 11) is 0. The predicted octanol–water partition coefficient (Wildman–Crippen LogP) is 2.24. The van der Waals surface area contributed by atoms with Gasteiger partial charge >= 0.3 is 5.97 Å². The molecule has 0 radical (unpaired) electrons. The van der Waals surface area contributed by atoms with Gasteiger partial charge in [-0.05, 0) is 51.9 Å². The molecule has 0 spiro atoms. The molecule has 2 rings (SSSR count). The summed E-state index contributed by atoms with van der Waals surface area (Å²) in [6, 6.07) is 0. The SMILES string of the molecule is CC(C)(C)OC(=O)C1(N)C[C@@H]2CC[C@@H](C2)C1. The van der Waals surface area contributed by atoms with E-state index in [0.29, 0.717) is 11.8 Å². The third kappa shape index (κ3) is 2.40. The molecule has 1 unspecified atom stereocenters. The van der Waals surface area contributed by atoms with Crippen LogP contribution in [0.25, 0.3) is 0 Å². The highest BCUT2D eigenvalue weighted by molar-refractivity contribution is 5.81. The lowest BCUT2D eigenvalue weighted by atomic mass is 9.76. The van der Waals surface area contributed by atoms with Gasteiger partial charge in [0.25, 0.3) is 0 Å². The van der Waals surface area contributed by atoms with Crippen LogP contribution < -0.4 is 5.73 Å². The van der Waals surface area contributed by atoms with E-state index >= 15 is 0 Å². The Bertz CT molecular complexity index is 281. The van der Waals surface area contributed by atoms with E-state index in [2.05, 4.69) is 0 Å². The lowest BCUT2D eigenvalue weighted by Gasteiger charge is -2.37. The molecule has 0 heterocycles. The Kier molecular flexibility index (Phi) is 2.77. The van der Waals surface area contributed by atoms with Crippen LogP contribution in [-0.2, 0) is 9.53 Å². The van der Waals surface area contributed by atoms with E-state index in [-0.39, 0.29) is 5.97 Å². The van der Waals surface area contributed by atoms with Crippen LogP contribution >= 0.6 is 0 Å². The molecule has 0 aromatic heterocycles. The number of nitrogens with two attached hydrogens (primary N) is 1. The third-order valence-corrected chi connectivity index (χ3v) is 3.76. The topological polar surface area (TPSA) is 52.3 Å². The number of rotatable bonds is 1. The van der Waals surface area contributed by atoms with Gasteiger partial charge in [0, 0.05) is 0 Å². The van der Waals surface area contributed by atoms with Crippen LogP contribution in [0.5, 0.6) is 0 Å². The van der Waals surface area contributed by atoms with Gasteiger partial charge in [-0.2, -0.15) is 0 Å². The largest absolute Gasteiger partial charge is 0.459 e. The number of ether oxygens (including phenoxy) is 1. The van der Waals surface area contributed by atoms with E-state index in [0.717, 1.165) is 12.8 Å². The van der Waals surface area contributed by atoms with Gasteiger partial charge in [-0.1, -0.05) is 12.8 Å². The van der Waals surface area contributed by atoms with E-state index < -0.39 is 11.1 Å². The molecular weight excluding hydrogens is 202 g/mol. The molecule has 2 aliphatic carbocycles. The second kappa shape index (κ2) is 3.73. The number of hydrogen-bond acceptors (Lipinski definition) is 3. The van der Waals surface area contributed by atoms with Crippen LogP contribution in [0.15, 0.2) is 0 Å². The number of carbonyl (C=O) groups is 1. The van der Waals surface area contributed by atoms with Crippen molar-refractivity contribution in [3.05, 3.63) is 0 Å². The maximum Gasteiger partial charge on any atom is 0.326 e. The fraction of sp³-hybridized carbons (Fsp3) is 0.923. The number of hydrogen-bond donors (Lipinski definition) is 1. The second-order valence-corrected chi connectivity index (χ2v) is 6.61. The van der Waals surface area contributed by atoms with E-state index in [4.69, 9.17) is 10.5 Å². The summed E-state index contributed by atoms with van der Waals surface area (Å²) in [5, 5.41) is 0. The number of fused-ring (bicyclic) bond motifs is 2. The van der Waals surface area contributed by atoms with Crippen LogP contribution in [0.1, 0.15) is 52.9 Å². The Morgan fingerprint density at radius 1 is 1.25 bits per heavy atom. The Labute approximate surface area is 97.7 Å². The highest BCUT2D eigenvalue weighted by Gasteiger charge is 2.47. The van der Waals surface area contributed by atoms with Crippen molar-refractivity contribution >= 4 is 5.97 Å². The zero-order valence-electron chi connectivity index (χ0n) is 10.6. The fourth-order valence-corrected chi connectivity index (χ4v) is 3.21. The molecule has 2 aliphatic rings. The number of carbonyl (C=O) groups excluding carboxylic acids is 1. The first-order chi connectivity index (χ1) is 7.28. The minimum atomic E-state index is -0.711. The Morgan fingerprint density at radius 2 is 1.75 bits per heavy atom. The smallest absolute Gasteiger partial charge is 0.326 e. The average Bonchev–Trinajstić information content (AvgIpc) is 2.43. The molecule has 2 saturated carbocycles. The molecule has 2 bridgehead atoms. The summed E-state index contributed by atoms with van der Waals surface area (Å²) < 4.78 is 5.44. The molecule has 3 heteroatoms. The molecule has 3 atom stereocenters. The van der Waals surface area contributed by atoms with Crippen LogP contribution in [0.3, 0.4) is 0 Å². The van der Waals surface area contributed by atoms with Gasteiger partial charge in [0.1, 0.15) is 11.1 Å². The van der Waals surface area contributed by atoms with Crippen molar-refractivity contribution in [2.45, 2.75) is 64.0 Å². The summed E-state index contributed by atoms with van der Waals surface area (Å²) in [6.07, 6.45) is 5.39. The third-order valence-electron chi connectivity index (χ3n) is 3.76. The molecule has 2 N–H and O–H groups in total. The first-order valence-corrected chi connectivity index (χ1v) is 6.31. The van der Waals surface area contributed by atoms with Crippen molar-refractivity contribution in [3.8, 4) is 0 Å². The molecule has 0 aromatic rings. The van der Waals surface area contributed by atoms with Crippen LogP contribution in [0, 0.1) is 11.8 Å². The summed E-state index contributed by atoms with van der Waals surface area (Å²) >= 11 is 0. The number of esters is 1. The molecule has 0 aliphatic heterocycles. The lowest BCUT2D eigenvalue weighted by Crippen LogP contribution is -2.54. The fourth-order valence-electron chi connectivity index (χ4n) is 3.21. The van der Waals surface area contributed by atoms with Crippen molar-refractivity contribution in [1.82, 2.24) is 0 Å². The summed E-state index contributed by atoms with van der Waals surface area (Å²) in [5.74, 6) is 1.10. The first-order valence-electron chi connectivity index (χ1n) is 6.31. The van der Waals surface area contributed by atoms with Gasteiger partial charge in [-0.15, -0.1) is 0 Å². The Morgan fingerprint density at radius 3 is 2.19 bits per heavy atom. The summed E-state index contributed by atoms with van der Waals surface area (Å²) in [4.78, 5) is 12.1. The molecule has 0 amide bonds. The van der Waals surface area contributed by atoms with E-state index in [1.165, 1.54) is 19.3 Å². The molecule has 3 nitrogen and oxygen atoms in total. The summed E-state index contributed by atoms with van der Waals surface area (Å²) in [5.41, 5.74) is 5.11. The normalized spacial score (nSPS) is 38.5. The van der Waals surface area contributed by atoms with Crippen LogP contribution in [0.2, 0.25) is 0 Å². The van der Waals surface area contributed by atoms with Crippen LogP contribution in [0.4, 0.5) is 0 Å². The van der Waals surface area contributed by atoms with Crippen molar-refractivity contribution in [3.63, 3.8) is 0 Å². The zero-order chi connectivity index (χ0) is 12.0. The van der Waals surface area contributed by atoms with Gasteiger partial charge in [0.05, 0.1) is 0 Å². The van der Waals surface area contributed by atoms with E-state index in [1.807, 2.05) is 20.8 Å². The molecule has 92 valence electrons. The summed E-state index contributed by atoms with van der Waals surface area (Å²) in [6.45, 7) is 5.68. The van der Waals surface area contributed by atoms with Gasteiger partial charge < -0.3 is 10.5 Å². The molecule has 16 heavy (non-hydrogen) atoms. The standard InChI is InChI=1S/C13H23NO2/c1-12(2,3)16-11(15)13(14)7-9-4-5-10(6-9)8-13/h9-10H,4-8,14H2,1-3H3/t9-,10+,13?. The van der Waals surface area contributed by atoms with Gasteiger partial charge in [0.2, 0.25) is 0 Å². The first kappa shape index (κ1) is 11.9. The van der Waals surface area contributed by atoms with Gasteiger partial charge in [0.15, 0.2) is 0 Å². The van der Waals surface area contributed by atoms with Gasteiger partial charge in [-0.25, -0.2) is 0 Å². The quantitative estimate of drug-likeness (QED) is 0.696. The molecule has 0 aromatic carbocycles. The van der Waals surface area contributed by atoms with Crippen molar-refractivity contribution in [2.75, 3.05) is 0 Å². The zero-order valence-corrected chi connectivity index (χ0v) is 10.6. The maximum absolute atomic E-state index is 12.1. The molecule has 0 saturated heterocycles. The van der Waals surface area contributed by atoms with Gasteiger partial charge in [-0.3, -0.25) is 4.79 Å². The minimum absolute atomic E-state index is 0.198. The molecule has 2 fully saturated rings. The van der Waals surface area contributed by atoms with E-state index in [9.17, 15) is 4.79 Å². The Hall–Kier alpha value is -0.570. The lowest BCUT2D eigenvalue weighted by molar-refractivity contribution is -0.164. The Balaban J connectivity index is 2.05. The minimum Gasteiger partial charge on any atom is -0.459 e.